The van der Waals surface area contributed by atoms with E-state index in [2.05, 4.69) is 0 Å². The number of carboxylic acids is 4. The summed E-state index contributed by atoms with van der Waals surface area (Å²) in [6.45, 7) is 7.44. The molecular formula is C36H36FeN4O8. The Morgan fingerprint density at radius 2 is 0.857 bits per heavy atom. The standard InChI is InChI=1S/C36H38N4O8.Fe/c1-17-21(5-9-33(41)42)29-14-27-19(3)22(6-10-34(43)44)30(39-27)15-28-20(4)24(8-12-36(47)48)32(40-28)16-31-23(7-11-35(45)46)18(2)26(38-31)13-25(17)37-29;/h13-16H,5-12H2,1-4H3,(H6,37,38,39,40,41,42,43,44,45,46,47,48);/q;+2/p-2. The molecule has 0 radical (unpaired) electrons. The van der Waals surface area contributed by atoms with E-state index in [4.69, 9.17) is 19.9 Å². The number of hydrogen-bond donors (Lipinski definition) is 4. The van der Waals surface area contributed by atoms with Crippen LogP contribution in [0.3, 0.4) is 0 Å². The molecule has 5 heterocycles. The van der Waals surface area contributed by atoms with Crippen molar-refractivity contribution in [3.05, 3.63) is 69.3 Å². The van der Waals surface area contributed by atoms with Gasteiger partial charge in [-0.1, -0.05) is 40.5 Å². The van der Waals surface area contributed by atoms with Gasteiger partial charge in [0.05, 0.1) is 22.8 Å². The van der Waals surface area contributed by atoms with E-state index in [0.717, 1.165) is 39.0 Å². The van der Waals surface area contributed by atoms with Crippen LogP contribution in [0.1, 0.15) is 97.4 Å². The second-order valence-corrected chi connectivity index (χ2v) is 12.1. The van der Waals surface area contributed by atoms with E-state index in [1.165, 1.54) is 0 Å². The van der Waals surface area contributed by atoms with Crippen molar-refractivity contribution in [2.45, 2.75) is 79.1 Å². The first-order valence-corrected chi connectivity index (χ1v) is 15.6. The van der Waals surface area contributed by atoms with Gasteiger partial charge in [0, 0.05) is 25.7 Å². The molecule has 0 amide bonds. The summed E-state index contributed by atoms with van der Waals surface area (Å²) < 4.78 is 0. The predicted octanol–water partition coefficient (Wildman–Crippen LogP) is 5.81. The van der Waals surface area contributed by atoms with Crippen molar-refractivity contribution < 1.29 is 56.7 Å². The van der Waals surface area contributed by atoms with Gasteiger partial charge in [-0.2, -0.15) is 0 Å². The number of rotatable bonds is 12. The summed E-state index contributed by atoms with van der Waals surface area (Å²) in [4.78, 5) is 65.9. The fourth-order valence-electron chi connectivity index (χ4n) is 6.26. The quantitative estimate of drug-likeness (QED) is 0.165. The third kappa shape index (κ3) is 8.01. The van der Waals surface area contributed by atoms with Crippen LogP contribution < -0.4 is 9.97 Å². The second kappa shape index (κ2) is 15.0. The number of allylic oxidation sites excluding steroid dienone is 4. The zero-order valence-electron chi connectivity index (χ0n) is 27.5. The number of aromatic nitrogens is 4. The van der Waals surface area contributed by atoms with Crippen LogP contribution in [0.4, 0.5) is 0 Å². The summed E-state index contributed by atoms with van der Waals surface area (Å²) >= 11 is 0. The van der Waals surface area contributed by atoms with E-state index in [-0.39, 0.29) is 68.4 Å². The number of fused-ring (bicyclic) bond motifs is 8. The maximum atomic E-state index is 11.6. The van der Waals surface area contributed by atoms with Gasteiger partial charge in [0.15, 0.2) is 0 Å². The van der Waals surface area contributed by atoms with Crippen molar-refractivity contribution in [3.63, 3.8) is 0 Å². The van der Waals surface area contributed by atoms with Gasteiger partial charge >= 0.3 is 40.9 Å². The van der Waals surface area contributed by atoms with E-state index in [1.807, 2.05) is 33.8 Å². The molecule has 0 aromatic carbocycles. The Balaban J connectivity index is 0.00000541. The summed E-state index contributed by atoms with van der Waals surface area (Å²) in [6.07, 6.45) is 0.367. The molecule has 0 saturated heterocycles. The number of aliphatic carboxylic acids is 4. The molecule has 3 aromatic heterocycles. The largest absolute Gasteiger partial charge is 2.00 e. The van der Waals surface area contributed by atoms with Gasteiger partial charge in [-0.15, -0.1) is 22.1 Å². The fraction of sp³-hybridized carbons (Fsp3) is 0.333. The molecule has 0 atom stereocenters. The number of nitrogens with zero attached hydrogens (tertiary/aromatic N) is 4. The van der Waals surface area contributed by atoms with Crippen LogP contribution in [-0.4, -0.2) is 54.3 Å². The average Bonchev–Trinajstić information content (AvgIpc) is 3.66. The Morgan fingerprint density at radius 1 is 0.510 bits per heavy atom. The van der Waals surface area contributed by atoms with Crippen molar-refractivity contribution in [1.82, 2.24) is 19.9 Å². The molecule has 12 nitrogen and oxygen atoms in total. The van der Waals surface area contributed by atoms with E-state index >= 15 is 0 Å². The molecule has 0 aliphatic carbocycles. The molecule has 3 aromatic rings. The van der Waals surface area contributed by atoms with Crippen LogP contribution in [-0.2, 0) is 49.1 Å². The van der Waals surface area contributed by atoms with Crippen LogP contribution in [0, 0.1) is 13.8 Å². The molecular weight excluding hydrogens is 672 g/mol. The minimum Gasteiger partial charge on any atom is -0.657 e. The van der Waals surface area contributed by atoms with Crippen LogP contribution in [0.15, 0.2) is 24.3 Å². The molecule has 4 N–H and O–H groups in total. The normalized spacial score (nSPS) is 12.7. The molecule has 0 saturated carbocycles. The molecule has 49 heavy (non-hydrogen) atoms. The average molecular weight is 709 g/mol. The minimum absolute atomic E-state index is 0. The van der Waals surface area contributed by atoms with Crippen molar-refractivity contribution in [1.29, 1.82) is 0 Å². The van der Waals surface area contributed by atoms with Crippen molar-refractivity contribution in [2.75, 3.05) is 0 Å². The van der Waals surface area contributed by atoms with E-state index in [9.17, 15) is 39.6 Å². The van der Waals surface area contributed by atoms with Crippen LogP contribution in [0.25, 0.3) is 44.4 Å². The molecule has 5 rings (SSSR count). The van der Waals surface area contributed by atoms with Gasteiger partial charge in [0.2, 0.25) is 0 Å². The summed E-state index contributed by atoms with van der Waals surface area (Å²) in [5, 5.41) is 37.9. The SMILES string of the molecule is CC1=C(CCC(=O)O)c2cc3nc(cc4[n-]c(cc5[n-]c(cc1n2)c(C)c5CCC(=O)O)c(C)c4CCC(=O)O)C(C)=C3CCC(=O)O.[Fe+2]. The Labute approximate surface area is 292 Å². The Morgan fingerprint density at radius 3 is 1.27 bits per heavy atom. The number of carbonyl (C=O) groups is 4. The molecule has 0 unspecified atom stereocenters. The van der Waals surface area contributed by atoms with Crippen molar-refractivity contribution in [3.8, 4) is 0 Å². The van der Waals surface area contributed by atoms with Gasteiger partial charge < -0.3 is 30.4 Å². The van der Waals surface area contributed by atoms with Gasteiger partial charge in [0.25, 0.3) is 0 Å². The molecule has 2 aliphatic rings. The van der Waals surface area contributed by atoms with Crippen LogP contribution in [0.2, 0.25) is 0 Å². The maximum Gasteiger partial charge on any atom is 2.00 e. The zero-order valence-corrected chi connectivity index (χ0v) is 28.6. The minimum atomic E-state index is -0.962. The van der Waals surface area contributed by atoms with E-state index < -0.39 is 23.9 Å². The Bertz CT molecular complexity index is 2100. The van der Waals surface area contributed by atoms with Gasteiger partial charge in [-0.25, -0.2) is 9.97 Å². The summed E-state index contributed by atoms with van der Waals surface area (Å²) in [5.74, 6) is -3.83. The van der Waals surface area contributed by atoms with Crippen LogP contribution >= 0.6 is 0 Å². The molecule has 8 bridgehead atoms. The summed E-state index contributed by atoms with van der Waals surface area (Å²) in [6, 6.07) is 7.14. The number of aryl methyl sites for hydroxylation is 4. The first-order valence-electron chi connectivity index (χ1n) is 15.6. The van der Waals surface area contributed by atoms with E-state index in [0.29, 0.717) is 50.4 Å². The zero-order chi connectivity index (χ0) is 34.9. The van der Waals surface area contributed by atoms with Crippen molar-refractivity contribution in [2.24, 2.45) is 0 Å². The molecule has 256 valence electrons. The molecule has 0 spiro atoms. The van der Waals surface area contributed by atoms with Crippen LogP contribution in [0.5, 0.6) is 0 Å². The molecule has 13 heteroatoms. The first kappa shape index (κ1) is 36.8. The first-order chi connectivity index (χ1) is 22.7. The molecule has 2 aliphatic heterocycles. The fourth-order valence-corrected chi connectivity index (χ4v) is 6.26. The summed E-state index contributed by atoms with van der Waals surface area (Å²) in [7, 11) is 0. The third-order valence-corrected chi connectivity index (χ3v) is 9.00. The topological polar surface area (TPSA) is 203 Å². The number of hydrogen-bond acceptors (Lipinski definition) is 6. The second-order valence-electron chi connectivity index (χ2n) is 12.1. The molecule has 0 fully saturated rings. The predicted molar refractivity (Wildman–Crippen MR) is 179 cm³/mol. The Kier molecular flexibility index (Phi) is 11.3. The van der Waals surface area contributed by atoms with Gasteiger partial charge in [-0.3, -0.25) is 19.2 Å². The van der Waals surface area contributed by atoms with Crippen molar-refractivity contribution >= 4 is 68.2 Å². The third-order valence-electron chi connectivity index (χ3n) is 9.00. The van der Waals surface area contributed by atoms with Gasteiger partial charge in [0.1, 0.15) is 0 Å². The summed E-state index contributed by atoms with van der Waals surface area (Å²) in [5.41, 5.74) is 10.3. The Hall–Kier alpha value is -5.00. The monoisotopic (exact) mass is 708 g/mol. The van der Waals surface area contributed by atoms with E-state index in [1.54, 1.807) is 18.2 Å². The smallest absolute Gasteiger partial charge is 0.657 e. The maximum absolute atomic E-state index is 11.6. The van der Waals surface area contributed by atoms with Gasteiger partial charge in [-0.05, 0) is 81.7 Å². The number of carboxylic acid groups (broad SMARTS) is 4.